The fourth-order valence-corrected chi connectivity index (χ4v) is 2.47. The fourth-order valence-electron chi connectivity index (χ4n) is 2.47. The van der Waals surface area contributed by atoms with Gasteiger partial charge in [-0.3, -0.25) is 10.1 Å². The molecule has 2 aromatic carbocycles. The van der Waals surface area contributed by atoms with Crippen LogP contribution in [0, 0.1) is 10.1 Å². The number of benzene rings is 2. The molecule has 0 aliphatic carbocycles. The molecule has 138 valence electrons. The van der Waals surface area contributed by atoms with Gasteiger partial charge in [-0.1, -0.05) is 30.3 Å². The first-order valence-electron chi connectivity index (χ1n) is 8.54. The van der Waals surface area contributed by atoms with Gasteiger partial charge in [-0.15, -0.1) is 0 Å². The third-order valence-corrected chi connectivity index (χ3v) is 3.63. The Morgan fingerprint density at radius 3 is 2.22 bits per heavy atom. The van der Waals surface area contributed by atoms with Crippen molar-refractivity contribution in [2.75, 3.05) is 10.6 Å². The number of nitro benzene ring substituents is 1. The predicted octanol–water partition coefficient (Wildman–Crippen LogP) is 5.01. The van der Waals surface area contributed by atoms with Gasteiger partial charge in [-0.25, -0.2) is 4.98 Å². The van der Waals surface area contributed by atoms with Gasteiger partial charge in [-0.2, -0.15) is 4.98 Å². The van der Waals surface area contributed by atoms with Crippen LogP contribution in [-0.4, -0.2) is 20.4 Å². The summed E-state index contributed by atoms with van der Waals surface area (Å²) in [4.78, 5) is 19.5. The van der Waals surface area contributed by atoms with Gasteiger partial charge in [0.05, 0.1) is 10.6 Å². The Morgan fingerprint density at radius 2 is 1.63 bits per heavy atom. The molecule has 1 aromatic heterocycles. The van der Waals surface area contributed by atoms with Crippen LogP contribution in [0.4, 0.5) is 23.1 Å². The van der Waals surface area contributed by atoms with Crippen molar-refractivity contribution in [2.24, 2.45) is 0 Å². The van der Waals surface area contributed by atoms with Crippen molar-refractivity contribution in [3.63, 3.8) is 0 Å². The molecule has 7 nitrogen and oxygen atoms in total. The minimum atomic E-state index is -0.423. The van der Waals surface area contributed by atoms with Gasteiger partial charge in [0, 0.05) is 35.0 Å². The number of nitrogens with one attached hydrogen (secondary N) is 2. The summed E-state index contributed by atoms with van der Waals surface area (Å²) < 4.78 is 0. The van der Waals surface area contributed by atoms with Gasteiger partial charge < -0.3 is 10.6 Å². The van der Waals surface area contributed by atoms with Crippen molar-refractivity contribution in [1.82, 2.24) is 9.97 Å². The largest absolute Gasteiger partial charge is 0.350 e. The lowest BCUT2D eigenvalue weighted by Gasteiger charge is -2.21. The fraction of sp³-hybridized carbons (Fsp3) is 0.200. The molecular formula is C20H21N5O2. The molecule has 3 aromatic rings. The number of nitrogens with zero attached hydrogens (tertiary/aromatic N) is 3. The van der Waals surface area contributed by atoms with Gasteiger partial charge in [0.2, 0.25) is 5.95 Å². The third kappa shape index (κ3) is 5.01. The Bertz CT molecular complexity index is 935. The van der Waals surface area contributed by atoms with Crippen LogP contribution >= 0.6 is 0 Å². The number of nitro groups is 1. The first-order chi connectivity index (χ1) is 12.8. The zero-order valence-electron chi connectivity index (χ0n) is 15.4. The summed E-state index contributed by atoms with van der Waals surface area (Å²) in [5.74, 6) is 1.11. The molecule has 0 saturated heterocycles. The topological polar surface area (TPSA) is 93.0 Å². The minimum Gasteiger partial charge on any atom is -0.350 e. The highest BCUT2D eigenvalue weighted by molar-refractivity contribution is 5.67. The van der Waals surface area contributed by atoms with E-state index in [0.29, 0.717) is 17.5 Å². The quantitative estimate of drug-likeness (QED) is 0.489. The van der Waals surface area contributed by atoms with Gasteiger partial charge in [0.25, 0.3) is 5.69 Å². The number of hydrogen-bond donors (Lipinski definition) is 2. The number of hydrogen-bond acceptors (Lipinski definition) is 6. The van der Waals surface area contributed by atoms with Crippen molar-refractivity contribution in [2.45, 2.75) is 26.3 Å². The van der Waals surface area contributed by atoms with Gasteiger partial charge in [0.1, 0.15) is 5.82 Å². The Morgan fingerprint density at radius 1 is 0.963 bits per heavy atom. The van der Waals surface area contributed by atoms with E-state index in [1.807, 2.05) is 57.2 Å². The highest BCUT2D eigenvalue weighted by Crippen LogP contribution is 2.25. The summed E-state index contributed by atoms with van der Waals surface area (Å²) in [5.41, 5.74) is 2.31. The van der Waals surface area contributed by atoms with E-state index >= 15 is 0 Å². The Labute approximate surface area is 157 Å². The second kappa shape index (κ2) is 7.41. The smallest absolute Gasteiger partial charge is 0.269 e. The highest BCUT2D eigenvalue weighted by atomic mass is 16.6. The van der Waals surface area contributed by atoms with Crippen molar-refractivity contribution in [3.05, 3.63) is 70.8 Å². The molecule has 3 rings (SSSR count). The summed E-state index contributed by atoms with van der Waals surface area (Å²) >= 11 is 0. The third-order valence-electron chi connectivity index (χ3n) is 3.63. The molecule has 2 N–H and O–H groups in total. The summed E-state index contributed by atoms with van der Waals surface area (Å²) in [5, 5.41) is 17.3. The predicted molar refractivity (Wildman–Crippen MR) is 107 cm³/mol. The molecule has 0 amide bonds. The number of rotatable bonds is 5. The van der Waals surface area contributed by atoms with Crippen molar-refractivity contribution >= 4 is 23.1 Å². The highest BCUT2D eigenvalue weighted by Gasteiger charge is 2.14. The van der Waals surface area contributed by atoms with Crippen LogP contribution in [0.15, 0.2) is 60.7 Å². The van der Waals surface area contributed by atoms with Crippen LogP contribution in [0.5, 0.6) is 0 Å². The standard InChI is InChI=1S/C20H21N5O2/c1-20(2,3)24-19-22-17(14-7-5-4-6-8-14)13-18(23-19)21-15-9-11-16(12-10-15)25(26)27/h4-13H,1-3H3,(H2,21,22,23,24). The van der Waals surface area contributed by atoms with Crippen molar-refractivity contribution in [3.8, 4) is 11.3 Å². The van der Waals surface area contributed by atoms with E-state index in [4.69, 9.17) is 0 Å². The van der Waals surface area contributed by atoms with Gasteiger partial charge in [-0.05, 0) is 32.9 Å². The monoisotopic (exact) mass is 363 g/mol. The zero-order valence-corrected chi connectivity index (χ0v) is 15.4. The van der Waals surface area contributed by atoms with E-state index in [9.17, 15) is 10.1 Å². The maximum atomic E-state index is 10.8. The van der Waals surface area contributed by atoms with E-state index in [1.54, 1.807) is 12.1 Å². The van der Waals surface area contributed by atoms with Crippen LogP contribution < -0.4 is 10.6 Å². The average molecular weight is 363 g/mol. The van der Waals surface area contributed by atoms with E-state index in [0.717, 1.165) is 11.3 Å². The molecule has 0 bridgehead atoms. The molecule has 0 saturated carbocycles. The van der Waals surface area contributed by atoms with Crippen molar-refractivity contribution < 1.29 is 4.92 Å². The molecule has 0 fully saturated rings. The Kier molecular flexibility index (Phi) is 5.03. The SMILES string of the molecule is CC(C)(C)Nc1nc(Nc2ccc([N+](=O)[O-])cc2)cc(-c2ccccc2)n1. The molecule has 0 radical (unpaired) electrons. The summed E-state index contributed by atoms with van der Waals surface area (Å²) in [7, 11) is 0. The van der Waals surface area contributed by atoms with E-state index < -0.39 is 4.92 Å². The Balaban J connectivity index is 1.95. The number of anilines is 3. The zero-order chi connectivity index (χ0) is 19.4. The van der Waals surface area contributed by atoms with Crippen LogP contribution in [0.3, 0.4) is 0 Å². The molecule has 0 unspecified atom stereocenters. The molecule has 0 spiro atoms. The first kappa shape index (κ1) is 18.3. The van der Waals surface area contributed by atoms with Gasteiger partial charge >= 0.3 is 0 Å². The summed E-state index contributed by atoms with van der Waals surface area (Å²) in [6, 6.07) is 17.9. The van der Waals surface area contributed by atoms with Crippen LogP contribution in [0.1, 0.15) is 20.8 Å². The van der Waals surface area contributed by atoms with Crippen LogP contribution in [-0.2, 0) is 0 Å². The van der Waals surface area contributed by atoms with Crippen molar-refractivity contribution in [1.29, 1.82) is 0 Å². The molecule has 27 heavy (non-hydrogen) atoms. The molecule has 0 aliphatic heterocycles. The lowest BCUT2D eigenvalue weighted by molar-refractivity contribution is -0.384. The van der Waals surface area contributed by atoms with E-state index in [-0.39, 0.29) is 11.2 Å². The summed E-state index contributed by atoms with van der Waals surface area (Å²) in [6.45, 7) is 6.11. The van der Waals surface area contributed by atoms with E-state index in [1.165, 1.54) is 12.1 Å². The van der Waals surface area contributed by atoms with Gasteiger partial charge in [0.15, 0.2) is 0 Å². The second-order valence-electron chi connectivity index (χ2n) is 7.13. The molecular weight excluding hydrogens is 342 g/mol. The maximum absolute atomic E-state index is 10.8. The number of non-ortho nitro benzene ring substituents is 1. The maximum Gasteiger partial charge on any atom is 0.269 e. The molecule has 1 heterocycles. The molecule has 7 heteroatoms. The van der Waals surface area contributed by atoms with E-state index in [2.05, 4.69) is 20.6 Å². The average Bonchev–Trinajstić information content (AvgIpc) is 2.61. The summed E-state index contributed by atoms with van der Waals surface area (Å²) in [6.07, 6.45) is 0. The molecule has 0 atom stereocenters. The normalized spacial score (nSPS) is 11.1. The number of aromatic nitrogens is 2. The second-order valence-corrected chi connectivity index (χ2v) is 7.13. The Hall–Kier alpha value is -3.48. The molecule has 0 aliphatic rings. The minimum absolute atomic E-state index is 0.0447. The lowest BCUT2D eigenvalue weighted by atomic mass is 10.1. The first-order valence-corrected chi connectivity index (χ1v) is 8.54. The van der Waals surface area contributed by atoms with Crippen LogP contribution in [0.25, 0.3) is 11.3 Å². The van der Waals surface area contributed by atoms with Crippen LogP contribution in [0.2, 0.25) is 0 Å². The lowest BCUT2D eigenvalue weighted by Crippen LogP contribution is -2.27.